The molecular weight excluding hydrogens is 254 g/mol. The van der Waals surface area contributed by atoms with E-state index in [-0.39, 0.29) is 5.56 Å². The van der Waals surface area contributed by atoms with Gasteiger partial charge in [0.1, 0.15) is 6.04 Å². The molecule has 0 bridgehead atoms. The van der Waals surface area contributed by atoms with Gasteiger partial charge in [-0.05, 0) is 11.6 Å². The minimum Gasteiger partial charge on any atom is -0.480 e. The normalized spacial score (nSPS) is 19.5. The van der Waals surface area contributed by atoms with Crippen LogP contribution in [0, 0.1) is 0 Å². The zero-order valence-corrected chi connectivity index (χ0v) is 10.3. The average Bonchev–Trinajstić information content (AvgIpc) is 2.38. The standard InChI is InChI=1S/C13H14F2N2O2/c1-13(14,15)9-4-2-8(3-5-9)10-6-11(12(18)19)17-7-16-10/h2-6,11,16-17H,7H2,1H3,(H,18,19). The molecule has 102 valence electrons. The molecule has 1 aromatic rings. The van der Waals surface area contributed by atoms with Gasteiger partial charge < -0.3 is 10.4 Å². The maximum Gasteiger partial charge on any atom is 0.324 e. The van der Waals surface area contributed by atoms with Crippen molar-refractivity contribution in [3.05, 3.63) is 41.5 Å². The summed E-state index contributed by atoms with van der Waals surface area (Å²) in [5.41, 5.74) is 1.23. The van der Waals surface area contributed by atoms with Crippen molar-refractivity contribution in [2.75, 3.05) is 6.67 Å². The van der Waals surface area contributed by atoms with Gasteiger partial charge in [-0.2, -0.15) is 0 Å². The van der Waals surface area contributed by atoms with Crippen LogP contribution in [0.5, 0.6) is 0 Å². The summed E-state index contributed by atoms with van der Waals surface area (Å²) in [6, 6.07) is 5.01. The van der Waals surface area contributed by atoms with Crippen LogP contribution in [0.15, 0.2) is 30.3 Å². The molecule has 0 saturated heterocycles. The Labute approximate surface area is 109 Å². The van der Waals surface area contributed by atoms with Crippen molar-refractivity contribution < 1.29 is 18.7 Å². The number of halogens is 2. The first-order valence-corrected chi connectivity index (χ1v) is 5.78. The lowest BCUT2D eigenvalue weighted by Crippen LogP contribution is -2.44. The third kappa shape index (κ3) is 3.08. The Morgan fingerprint density at radius 1 is 1.37 bits per heavy atom. The first-order valence-electron chi connectivity index (χ1n) is 5.78. The second kappa shape index (κ2) is 4.97. The summed E-state index contributed by atoms with van der Waals surface area (Å²) in [7, 11) is 0. The first-order chi connectivity index (χ1) is 8.88. The Morgan fingerprint density at radius 2 is 2.00 bits per heavy atom. The van der Waals surface area contributed by atoms with Crippen molar-refractivity contribution >= 4 is 11.7 Å². The minimum absolute atomic E-state index is 0.0689. The van der Waals surface area contributed by atoms with Crippen molar-refractivity contribution in [2.24, 2.45) is 0 Å². The summed E-state index contributed by atoms with van der Waals surface area (Å²) in [5, 5.41) is 14.6. The first kappa shape index (κ1) is 13.5. The fourth-order valence-corrected chi connectivity index (χ4v) is 1.84. The van der Waals surface area contributed by atoms with Crippen molar-refractivity contribution in [3.8, 4) is 0 Å². The Hall–Kier alpha value is -1.95. The van der Waals surface area contributed by atoms with Crippen LogP contribution in [0.1, 0.15) is 18.1 Å². The van der Waals surface area contributed by atoms with Crippen LogP contribution in [0.3, 0.4) is 0 Å². The number of alkyl halides is 2. The van der Waals surface area contributed by atoms with Crippen LogP contribution in [0.4, 0.5) is 8.78 Å². The van der Waals surface area contributed by atoms with E-state index in [0.717, 1.165) is 6.92 Å². The Morgan fingerprint density at radius 3 is 2.53 bits per heavy atom. The Bertz CT molecular complexity index is 506. The third-order valence-electron chi connectivity index (χ3n) is 2.90. The highest BCUT2D eigenvalue weighted by Crippen LogP contribution is 2.27. The summed E-state index contributed by atoms with van der Waals surface area (Å²) in [6.45, 7) is 1.15. The van der Waals surface area contributed by atoms with E-state index in [1.165, 1.54) is 18.2 Å². The van der Waals surface area contributed by atoms with Gasteiger partial charge in [0.05, 0.1) is 6.67 Å². The van der Waals surface area contributed by atoms with E-state index in [4.69, 9.17) is 5.11 Å². The average molecular weight is 268 g/mol. The molecule has 0 aliphatic carbocycles. The molecule has 0 amide bonds. The highest BCUT2D eigenvalue weighted by Gasteiger charge is 2.24. The number of aliphatic carboxylic acids is 1. The van der Waals surface area contributed by atoms with Gasteiger partial charge in [0.15, 0.2) is 0 Å². The van der Waals surface area contributed by atoms with E-state index in [1.54, 1.807) is 12.1 Å². The van der Waals surface area contributed by atoms with E-state index in [1.807, 2.05) is 0 Å². The van der Waals surface area contributed by atoms with E-state index < -0.39 is 17.9 Å². The largest absolute Gasteiger partial charge is 0.480 e. The maximum atomic E-state index is 13.1. The molecule has 0 saturated carbocycles. The predicted molar refractivity (Wildman–Crippen MR) is 66.5 cm³/mol. The van der Waals surface area contributed by atoms with Gasteiger partial charge in [-0.15, -0.1) is 0 Å². The number of benzene rings is 1. The number of hydrogen-bond donors (Lipinski definition) is 3. The zero-order chi connectivity index (χ0) is 14.0. The number of carboxylic acids is 1. The lowest BCUT2D eigenvalue weighted by molar-refractivity contribution is -0.138. The second-order valence-electron chi connectivity index (χ2n) is 4.42. The molecule has 1 unspecified atom stereocenters. The number of nitrogens with one attached hydrogen (secondary N) is 2. The summed E-state index contributed by atoms with van der Waals surface area (Å²) in [5.74, 6) is -3.85. The van der Waals surface area contributed by atoms with Gasteiger partial charge in [0.25, 0.3) is 5.92 Å². The predicted octanol–water partition coefficient (Wildman–Crippen LogP) is 1.74. The molecule has 1 aliphatic heterocycles. The minimum atomic E-state index is -2.88. The summed E-state index contributed by atoms with van der Waals surface area (Å²) in [4.78, 5) is 10.9. The van der Waals surface area contributed by atoms with E-state index in [2.05, 4.69) is 10.6 Å². The maximum absolute atomic E-state index is 13.1. The van der Waals surface area contributed by atoms with Gasteiger partial charge in [-0.1, -0.05) is 24.3 Å². The number of rotatable bonds is 3. The van der Waals surface area contributed by atoms with Crippen LogP contribution in [-0.2, 0) is 10.7 Å². The Balaban J connectivity index is 2.25. The third-order valence-corrected chi connectivity index (χ3v) is 2.90. The van der Waals surface area contributed by atoms with Crippen molar-refractivity contribution in [2.45, 2.75) is 18.9 Å². The molecule has 0 spiro atoms. The molecule has 3 N–H and O–H groups in total. The van der Waals surface area contributed by atoms with Crippen molar-refractivity contribution in [1.82, 2.24) is 10.6 Å². The van der Waals surface area contributed by atoms with Crippen LogP contribution < -0.4 is 10.6 Å². The molecule has 2 rings (SSSR count). The van der Waals surface area contributed by atoms with Gasteiger partial charge >= 0.3 is 5.97 Å². The SMILES string of the molecule is CC(F)(F)c1ccc(C2=CC(C(=O)O)NCN2)cc1. The molecule has 0 radical (unpaired) electrons. The molecule has 0 fully saturated rings. The molecular formula is C13H14F2N2O2. The van der Waals surface area contributed by atoms with Crippen LogP contribution in [0.2, 0.25) is 0 Å². The molecule has 19 heavy (non-hydrogen) atoms. The number of carbonyl (C=O) groups is 1. The van der Waals surface area contributed by atoms with Gasteiger partial charge in [0, 0.05) is 18.2 Å². The molecule has 1 aromatic carbocycles. The van der Waals surface area contributed by atoms with Gasteiger partial charge in [0.2, 0.25) is 0 Å². The highest BCUT2D eigenvalue weighted by atomic mass is 19.3. The fourth-order valence-electron chi connectivity index (χ4n) is 1.84. The monoisotopic (exact) mass is 268 g/mol. The summed E-state index contributed by atoms with van der Waals surface area (Å²) >= 11 is 0. The molecule has 6 heteroatoms. The molecule has 4 nitrogen and oxygen atoms in total. The zero-order valence-electron chi connectivity index (χ0n) is 10.3. The van der Waals surface area contributed by atoms with Gasteiger partial charge in [-0.25, -0.2) is 8.78 Å². The van der Waals surface area contributed by atoms with Crippen LogP contribution >= 0.6 is 0 Å². The molecule has 0 aromatic heterocycles. The van der Waals surface area contributed by atoms with Crippen LogP contribution in [-0.4, -0.2) is 23.8 Å². The van der Waals surface area contributed by atoms with E-state index in [9.17, 15) is 13.6 Å². The highest BCUT2D eigenvalue weighted by molar-refractivity contribution is 5.80. The van der Waals surface area contributed by atoms with E-state index in [0.29, 0.717) is 17.9 Å². The number of carboxylic acid groups (broad SMARTS) is 1. The molecule has 1 heterocycles. The lowest BCUT2D eigenvalue weighted by Gasteiger charge is -2.22. The van der Waals surface area contributed by atoms with Crippen LogP contribution in [0.25, 0.3) is 5.70 Å². The summed E-state index contributed by atoms with van der Waals surface area (Å²) in [6.07, 6.45) is 1.52. The van der Waals surface area contributed by atoms with E-state index >= 15 is 0 Å². The molecule has 1 atom stereocenters. The van der Waals surface area contributed by atoms with Crippen molar-refractivity contribution in [3.63, 3.8) is 0 Å². The number of hydrogen-bond acceptors (Lipinski definition) is 3. The quantitative estimate of drug-likeness (QED) is 0.781. The summed E-state index contributed by atoms with van der Waals surface area (Å²) < 4.78 is 26.2. The second-order valence-corrected chi connectivity index (χ2v) is 4.42. The van der Waals surface area contributed by atoms with Gasteiger partial charge in [-0.3, -0.25) is 10.1 Å². The van der Waals surface area contributed by atoms with Crippen molar-refractivity contribution in [1.29, 1.82) is 0 Å². The lowest BCUT2D eigenvalue weighted by atomic mass is 10.0. The molecule has 1 aliphatic rings. The smallest absolute Gasteiger partial charge is 0.324 e. The fraction of sp³-hybridized carbons (Fsp3) is 0.308. The topological polar surface area (TPSA) is 61.4 Å². The Kier molecular flexibility index (Phi) is 3.53.